The average Bonchev–Trinajstić information content (AvgIpc) is 2.97. The number of aromatic nitrogens is 2. The van der Waals surface area contributed by atoms with E-state index in [0.717, 1.165) is 32.4 Å². The van der Waals surface area contributed by atoms with Gasteiger partial charge in [-0.1, -0.05) is 52.8 Å². The molecule has 0 amide bonds. The molecule has 7 heteroatoms. The lowest BCUT2D eigenvalue weighted by atomic mass is 10.1. The van der Waals surface area contributed by atoms with Gasteiger partial charge in [-0.2, -0.15) is 0 Å². The van der Waals surface area contributed by atoms with Gasteiger partial charge >= 0.3 is 5.97 Å². The van der Waals surface area contributed by atoms with Crippen molar-refractivity contribution in [3.05, 3.63) is 67.0 Å². The maximum Gasteiger partial charge on any atom is 0.347 e. The molecule has 0 aliphatic carbocycles. The second-order valence-electron chi connectivity index (χ2n) is 5.36. The Morgan fingerprint density at radius 3 is 2.79 bits per heavy atom. The van der Waals surface area contributed by atoms with Crippen LogP contribution in [0.4, 0.5) is 0 Å². The number of aryl methyl sites for hydroxylation is 2. The molecule has 3 rings (SSSR count). The number of hydrogen-bond donors (Lipinski definition) is 1. The van der Waals surface area contributed by atoms with Gasteiger partial charge in [0.1, 0.15) is 9.90 Å². The lowest BCUT2D eigenvalue weighted by Crippen LogP contribution is -2.14. The maximum absolute atomic E-state index is 12.3. The summed E-state index contributed by atoms with van der Waals surface area (Å²) in [5.74, 6) is -1.10. The summed E-state index contributed by atoms with van der Waals surface area (Å²) in [6, 6.07) is 6.06. The van der Waals surface area contributed by atoms with Crippen molar-refractivity contribution in [1.29, 1.82) is 0 Å². The number of hydrogen-bond acceptors (Lipinski definition) is 4. The molecule has 3 aromatic rings. The highest BCUT2D eigenvalue weighted by molar-refractivity contribution is 7.18. The van der Waals surface area contributed by atoms with Crippen molar-refractivity contribution in [3.63, 3.8) is 0 Å². The van der Waals surface area contributed by atoms with Crippen molar-refractivity contribution in [2.24, 2.45) is 0 Å². The first-order valence-electron chi connectivity index (χ1n) is 7.07. The molecule has 0 saturated heterocycles. The maximum atomic E-state index is 12.3. The normalized spacial score (nSPS) is 11.5. The molecule has 1 N–H and O–H groups in total. The molecule has 0 aliphatic heterocycles. The largest absolute Gasteiger partial charge is 0.477 e. The predicted molar refractivity (Wildman–Crippen MR) is 96.2 cm³/mol. The highest BCUT2D eigenvalue weighted by atomic mass is 35.5. The SMILES string of the molecule is Cc1ccc(C)c(C=Cc2nc3sc(C(=O)O)cn3c(=O)c2Cl)c1. The van der Waals surface area contributed by atoms with E-state index >= 15 is 0 Å². The highest BCUT2D eigenvalue weighted by Crippen LogP contribution is 2.20. The zero-order valence-corrected chi connectivity index (χ0v) is 14.5. The van der Waals surface area contributed by atoms with E-state index in [1.807, 2.05) is 38.1 Å². The van der Waals surface area contributed by atoms with E-state index in [-0.39, 0.29) is 9.90 Å². The fourth-order valence-electron chi connectivity index (χ4n) is 2.25. The number of carboxylic acids is 1. The molecular weight excluding hydrogens is 348 g/mol. The van der Waals surface area contributed by atoms with Crippen LogP contribution in [0, 0.1) is 13.8 Å². The average molecular weight is 361 g/mol. The van der Waals surface area contributed by atoms with Crippen LogP contribution in [0.3, 0.4) is 0 Å². The predicted octanol–water partition coefficient (Wildman–Crippen LogP) is 3.89. The number of fused-ring (bicyclic) bond motifs is 1. The summed E-state index contributed by atoms with van der Waals surface area (Å²) >= 11 is 7.04. The summed E-state index contributed by atoms with van der Waals surface area (Å²) in [6.07, 6.45) is 4.76. The highest BCUT2D eigenvalue weighted by Gasteiger charge is 2.14. The molecular formula is C17H13ClN2O3S. The summed E-state index contributed by atoms with van der Waals surface area (Å²) in [5, 5.41) is 9.01. The minimum absolute atomic E-state index is 0.0336. The zero-order valence-electron chi connectivity index (χ0n) is 12.9. The second-order valence-corrected chi connectivity index (χ2v) is 6.75. The van der Waals surface area contributed by atoms with Gasteiger partial charge in [-0.15, -0.1) is 0 Å². The molecule has 1 aromatic carbocycles. The number of carboxylic acid groups (broad SMARTS) is 1. The molecule has 2 aromatic heterocycles. The third-order valence-electron chi connectivity index (χ3n) is 3.57. The monoisotopic (exact) mass is 360 g/mol. The van der Waals surface area contributed by atoms with Crippen molar-refractivity contribution in [2.75, 3.05) is 0 Å². The van der Waals surface area contributed by atoms with Crippen molar-refractivity contribution in [3.8, 4) is 0 Å². The van der Waals surface area contributed by atoms with Crippen LogP contribution in [-0.4, -0.2) is 20.5 Å². The third kappa shape index (κ3) is 2.98. The molecule has 2 heterocycles. The Kier molecular flexibility index (Phi) is 4.26. The lowest BCUT2D eigenvalue weighted by Gasteiger charge is -2.02. The zero-order chi connectivity index (χ0) is 17.4. The summed E-state index contributed by atoms with van der Waals surface area (Å²) in [7, 11) is 0. The molecule has 0 saturated carbocycles. The second kappa shape index (κ2) is 6.22. The Hall–Kier alpha value is -2.44. The number of thiazole rings is 1. The van der Waals surface area contributed by atoms with E-state index in [9.17, 15) is 9.59 Å². The molecule has 0 spiro atoms. The van der Waals surface area contributed by atoms with Crippen LogP contribution in [0.5, 0.6) is 0 Å². The third-order valence-corrected chi connectivity index (χ3v) is 4.89. The van der Waals surface area contributed by atoms with Gasteiger partial charge in [0.15, 0.2) is 4.96 Å². The van der Waals surface area contributed by atoms with Crippen LogP contribution < -0.4 is 5.56 Å². The summed E-state index contributed by atoms with van der Waals surface area (Å²) in [5.41, 5.74) is 3.06. The van der Waals surface area contributed by atoms with Gasteiger partial charge in [-0.25, -0.2) is 9.78 Å². The van der Waals surface area contributed by atoms with Crippen molar-refractivity contribution in [2.45, 2.75) is 13.8 Å². The minimum Gasteiger partial charge on any atom is -0.477 e. The lowest BCUT2D eigenvalue weighted by molar-refractivity contribution is 0.0702. The van der Waals surface area contributed by atoms with E-state index in [1.165, 1.54) is 6.20 Å². The Bertz CT molecular complexity index is 1050. The molecule has 0 fully saturated rings. The smallest absolute Gasteiger partial charge is 0.347 e. The summed E-state index contributed by atoms with van der Waals surface area (Å²) < 4.78 is 1.16. The number of benzene rings is 1. The number of nitrogens with zero attached hydrogens (tertiary/aromatic N) is 2. The Balaban J connectivity index is 2.11. The van der Waals surface area contributed by atoms with Crippen molar-refractivity contribution in [1.82, 2.24) is 9.38 Å². The van der Waals surface area contributed by atoms with E-state index in [0.29, 0.717) is 10.7 Å². The first-order valence-corrected chi connectivity index (χ1v) is 8.26. The van der Waals surface area contributed by atoms with Gasteiger partial charge in [-0.3, -0.25) is 9.20 Å². The van der Waals surface area contributed by atoms with Crippen LogP contribution in [0.25, 0.3) is 17.1 Å². The van der Waals surface area contributed by atoms with Crippen LogP contribution in [0.15, 0.2) is 29.2 Å². The van der Waals surface area contributed by atoms with Gasteiger partial charge in [0.2, 0.25) is 0 Å². The van der Waals surface area contributed by atoms with Crippen LogP contribution in [0.1, 0.15) is 32.1 Å². The van der Waals surface area contributed by atoms with Gasteiger partial charge in [-0.05, 0) is 31.1 Å². The molecule has 0 atom stereocenters. The van der Waals surface area contributed by atoms with Crippen LogP contribution in [-0.2, 0) is 0 Å². The fraction of sp³-hybridized carbons (Fsp3) is 0.118. The van der Waals surface area contributed by atoms with E-state index in [1.54, 1.807) is 6.08 Å². The Labute approximate surface area is 146 Å². The Morgan fingerprint density at radius 1 is 1.33 bits per heavy atom. The fourth-order valence-corrected chi connectivity index (χ4v) is 3.27. The molecule has 0 radical (unpaired) electrons. The van der Waals surface area contributed by atoms with E-state index < -0.39 is 11.5 Å². The number of rotatable bonds is 3. The molecule has 0 unspecified atom stereocenters. The van der Waals surface area contributed by atoms with E-state index in [2.05, 4.69) is 4.98 Å². The van der Waals surface area contributed by atoms with E-state index in [4.69, 9.17) is 16.7 Å². The van der Waals surface area contributed by atoms with Gasteiger partial charge in [0, 0.05) is 6.20 Å². The summed E-state index contributed by atoms with van der Waals surface area (Å²) in [6.45, 7) is 3.99. The first kappa shape index (κ1) is 16.4. The topological polar surface area (TPSA) is 71.7 Å². The standard InChI is InChI=1S/C17H13ClN2O3S/c1-9-3-4-10(2)11(7-9)5-6-12-14(18)15(21)20-8-13(16(22)23)24-17(20)19-12/h3-8H,1-2H3,(H,22,23). The van der Waals surface area contributed by atoms with Crippen LogP contribution in [0.2, 0.25) is 5.02 Å². The minimum atomic E-state index is -1.10. The van der Waals surface area contributed by atoms with Crippen molar-refractivity contribution < 1.29 is 9.90 Å². The van der Waals surface area contributed by atoms with Crippen molar-refractivity contribution >= 4 is 46.0 Å². The number of halogens is 1. The quantitative estimate of drug-likeness (QED) is 0.769. The molecule has 24 heavy (non-hydrogen) atoms. The molecule has 0 aliphatic rings. The van der Waals surface area contributed by atoms with Gasteiger partial charge in [0.05, 0.1) is 5.69 Å². The molecule has 0 bridgehead atoms. The first-order chi connectivity index (χ1) is 11.4. The molecule has 5 nitrogen and oxygen atoms in total. The Morgan fingerprint density at radius 2 is 2.08 bits per heavy atom. The van der Waals surface area contributed by atoms with Gasteiger partial charge < -0.3 is 5.11 Å². The number of carbonyl (C=O) groups is 1. The van der Waals surface area contributed by atoms with Crippen LogP contribution >= 0.6 is 22.9 Å². The molecule has 122 valence electrons. The number of aromatic carboxylic acids is 1. The summed E-state index contributed by atoms with van der Waals surface area (Å²) in [4.78, 5) is 28.0. The van der Waals surface area contributed by atoms with Gasteiger partial charge in [0.25, 0.3) is 5.56 Å².